The molecule has 0 aliphatic carbocycles. The molecule has 0 fully saturated rings. The molecule has 1 atom stereocenters. The van der Waals surface area contributed by atoms with Crippen molar-refractivity contribution in [3.63, 3.8) is 0 Å². The fourth-order valence-corrected chi connectivity index (χ4v) is 1.25. The van der Waals surface area contributed by atoms with E-state index in [1.807, 2.05) is 13.8 Å². The number of carbonyl (C=O) groups is 2. The van der Waals surface area contributed by atoms with Crippen molar-refractivity contribution in [2.75, 3.05) is 13.2 Å². The van der Waals surface area contributed by atoms with Gasteiger partial charge in [0.25, 0.3) is 0 Å². The van der Waals surface area contributed by atoms with Crippen molar-refractivity contribution in [3.8, 4) is 0 Å². The highest BCUT2D eigenvalue weighted by Crippen LogP contribution is 2.01. The van der Waals surface area contributed by atoms with E-state index in [9.17, 15) is 9.59 Å². The van der Waals surface area contributed by atoms with Gasteiger partial charge in [-0.25, -0.2) is 4.79 Å². The summed E-state index contributed by atoms with van der Waals surface area (Å²) in [6.07, 6.45) is 0. The summed E-state index contributed by atoms with van der Waals surface area (Å²) < 4.78 is 0. The van der Waals surface area contributed by atoms with Gasteiger partial charge in [0.1, 0.15) is 6.04 Å². The summed E-state index contributed by atoms with van der Waals surface area (Å²) in [5, 5.41) is 11.1. The lowest BCUT2D eigenvalue weighted by Crippen LogP contribution is -2.51. The SMILES string of the molecule is CC(NC(N)=O)C(=O)N(CCO)C(C)C. The van der Waals surface area contributed by atoms with E-state index in [0.29, 0.717) is 0 Å². The van der Waals surface area contributed by atoms with Crippen LogP contribution in [0.3, 0.4) is 0 Å². The molecule has 0 saturated heterocycles. The normalized spacial score (nSPS) is 12.3. The molecule has 0 radical (unpaired) electrons. The largest absolute Gasteiger partial charge is 0.395 e. The van der Waals surface area contributed by atoms with Crippen molar-refractivity contribution < 1.29 is 14.7 Å². The first-order chi connectivity index (χ1) is 6.90. The third-order valence-electron chi connectivity index (χ3n) is 1.98. The summed E-state index contributed by atoms with van der Waals surface area (Å²) in [5.74, 6) is -0.252. The predicted octanol–water partition coefficient (Wildman–Crippen LogP) is -0.727. The van der Waals surface area contributed by atoms with Crippen LogP contribution in [-0.2, 0) is 4.79 Å². The molecule has 0 aliphatic heterocycles. The topological polar surface area (TPSA) is 95.7 Å². The second-order valence-electron chi connectivity index (χ2n) is 3.58. The van der Waals surface area contributed by atoms with Gasteiger partial charge in [-0.3, -0.25) is 4.79 Å². The molecule has 0 bridgehead atoms. The summed E-state index contributed by atoms with van der Waals surface area (Å²) >= 11 is 0. The van der Waals surface area contributed by atoms with Gasteiger partial charge in [-0.2, -0.15) is 0 Å². The van der Waals surface area contributed by atoms with Crippen LogP contribution in [0.4, 0.5) is 4.79 Å². The van der Waals surface area contributed by atoms with E-state index >= 15 is 0 Å². The van der Waals surface area contributed by atoms with Crippen LogP contribution in [-0.4, -0.2) is 47.2 Å². The van der Waals surface area contributed by atoms with Crippen LogP contribution in [0.5, 0.6) is 0 Å². The van der Waals surface area contributed by atoms with E-state index in [4.69, 9.17) is 10.8 Å². The Morgan fingerprint density at radius 2 is 1.93 bits per heavy atom. The second-order valence-corrected chi connectivity index (χ2v) is 3.58. The number of nitrogens with two attached hydrogens (primary N) is 1. The zero-order valence-corrected chi connectivity index (χ0v) is 9.36. The molecule has 0 aromatic rings. The van der Waals surface area contributed by atoms with E-state index in [0.717, 1.165) is 0 Å². The monoisotopic (exact) mass is 217 g/mol. The minimum Gasteiger partial charge on any atom is -0.395 e. The van der Waals surface area contributed by atoms with Crippen LogP contribution in [0.1, 0.15) is 20.8 Å². The number of amides is 3. The minimum atomic E-state index is -0.733. The number of urea groups is 1. The average molecular weight is 217 g/mol. The molecule has 0 spiro atoms. The van der Waals surface area contributed by atoms with Crippen molar-refractivity contribution in [1.29, 1.82) is 0 Å². The summed E-state index contributed by atoms with van der Waals surface area (Å²) in [6, 6.07) is -1.43. The van der Waals surface area contributed by atoms with Crippen LogP contribution in [0.25, 0.3) is 0 Å². The van der Waals surface area contributed by atoms with Crippen LogP contribution in [0.2, 0.25) is 0 Å². The maximum atomic E-state index is 11.8. The van der Waals surface area contributed by atoms with E-state index in [1.165, 1.54) is 4.90 Å². The number of carbonyl (C=O) groups excluding carboxylic acids is 2. The molecule has 0 aromatic heterocycles. The highest BCUT2D eigenvalue weighted by Gasteiger charge is 2.22. The highest BCUT2D eigenvalue weighted by atomic mass is 16.3. The quantitative estimate of drug-likeness (QED) is 0.566. The molecule has 0 heterocycles. The van der Waals surface area contributed by atoms with Gasteiger partial charge >= 0.3 is 6.03 Å². The van der Waals surface area contributed by atoms with Crippen molar-refractivity contribution in [1.82, 2.24) is 10.2 Å². The van der Waals surface area contributed by atoms with Gasteiger partial charge in [0.05, 0.1) is 6.61 Å². The van der Waals surface area contributed by atoms with Gasteiger partial charge in [-0.1, -0.05) is 0 Å². The van der Waals surface area contributed by atoms with Crippen LogP contribution < -0.4 is 11.1 Å². The number of rotatable bonds is 5. The number of aliphatic hydroxyl groups excluding tert-OH is 1. The third kappa shape index (κ3) is 4.64. The van der Waals surface area contributed by atoms with Gasteiger partial charge < -0.3 is 21.1 Å². The molecule has 0 rings (SSSR count). The molecule has 1 unspecified atom stereocenters. The molecule has 3 amide bonds. The molecular weight excluding hydrogens is 198 g/mol. The number of hydrogen-bond donors (Lipinski definition) is 3. The van der Waals surface area contributed by atoms with Gasteiger partial charge in [-0.05, 0) is 20.8 Å². The average Bonchev–Trinajstić information content (AvgIpc) is 2.11. The third-order valence-corrected chi connectivity index (χ3v) is 1.98. The Kier molecular flexibility index (Phi) is 5.69. The lowest BCUT2D eigenvalue weighted by molar-refractivity contribution is -0.135. The van der Waals surface area contributed by atoms with Crippen molar-refractivity contribution in [2.45, 2.75) is 32.9 Å². The molecule has 15 heavy (non-hydrogen) atoms. The fraction of sp³-hybridized carbons (Fsp3) is 0.778. The van der Waals surface area contributed by atoms with Gasteiger partial charge in [0.2, 0.25) is 5.91 Å². The standard InChI is InChI=1S/C9H19N3O3/c1-6(2)12(4-5-13)8(14)7(3)11-9(10)15/h6-7,13H,4-5H2,1-3H3,(H3,10,11,15). The zero-order valence-electron chi connectivity index (χ0n) is 9.36. The Morgan fingerprint density at radius 1 is 1.40 bits per heavy atom. The number of primary amides is 1. The Hall–Kier alpha value is -1.30. The summed E-state index contributed by atoms with van der Waals surface area (Å²) in [6.45, 7) is 5.38. The minimum absolute atomic E-state index is 0.0261. The molecule has 6 nitrogen and oxygen atoms in total. The Morgan fingerprint density at radius 3 is 2.27 bits per heavy atom. The number of hydrogen-bond acceptors (Lipinski definition) is 3. The predicted molar refractivity (Wildman–Crippen MR) is 56.1 cm³/mol. The van der Waals surface area contributed by atoms with Crippen LogP contribution in [0.15, 0.2) is 0 Å². The fourth-order valence-electron chi connectivity index (χ4n) is 1.25. The van der Waals surface area contributed by atoms with Gasteiger partial charge in [0, 0.05) is 12.6 Å². The zero-order chi connectivity index (χ0) is 12.0. The lowest BCUT2D eigenvalue weighted by Gasteiger charge is -2.28. The second kappa shape index (κ2) is 6.23. The van der Waals surface area contributed by atoms with E-state index in [1.54, 1.807) is 6.92 Å². The molecule has 88 valence electrons. The Balaban J connectivity index is 4.41. The molecular formula is C9H19N3O3. The number of nitrogens with zero attached hydrogens (tertiary/aromatic N) is 1. The number of aliphatic hydroxyl groups is 1. The molecule has 6 heteroatoms. The summed E-state index contributed by atoms with van der Waals surface area (Å²) in [5.41, 5.74) is 4.91. The molecule has 4 N–H and O–H groups in total. The first kappa shape index (κ1) is 13.7. The maximum absolute atomic E-state index is 11.8. The van der Waals surface area contributed by atoms with Crippen LogP contribution in [0, 0.1) is 0 Å². The van der Waals surface area contributed by atoms with Crippen molar-refractivity contribution in [2.24, 2.45) is 5.73 Å². The van der Waals surface area contributed by atoms with E-state index in [-0.39, 0.29) is 25.1 Å². The van der Waals surface area contributed by atoms with Crippen LogP contribution >= 0.6 is 0 Å². The van der Waals surface area contributed by atoms with Crippen molar-refractivity contribution in [3.05, 3.63) is 0 Å². The molecule has 0 aliphatic rings. The molecule has 0 aromatic carbocycles. The van der Waals surface area contributed by atoms with Gasteiger partial charge in [0.15, 0.2) is 0 Å². The highest BCUT2D eigenvalue weighted by molar-refractivity contribution is 5.86. The maximum Gasteiger partial charge on any atom is 0.312 e. The lowest BCUT2D eigenvalue weighted by atomic mass is 10.2. The Labute approximate surface area is 89.4 Å². The van der Waals surface area contributed by atoms with Gasteiger partial charge in [-0.15, -0.1) is 0 Å². The first-order valence-corrected chi connectivity index (χ1v) is 4.87. The van der Waals surface area contributed by atoms with Crippen molar-refractivity contribution >= 4 is 11.9 Å². The number of nitrogens with one attached hydrogen (secondary N) is 1. The molecule has 0 saturated carbocycles. The smallest absolute Gasteiger partial charge is 0.312 e. The Bertz CT molecular complexity index is 231. The summed E-state index contributed by atoms with van der Waals surface area (Å²) in [7, 11) is 0. The van der Waals surface area contributed by atoms with E-state index < -0.39 is 12.1 Å². The first-order valence-electron chi connectivity index (χ1n) is 4.87. The summed E-state index contributed by atoms with van der Waals surface area (Å²) in [4.78, 5) is 23.8. The van der Waals surface area contributed by atoms with E-state index in [2.05, 4.69) is 5.32 Å².